The Morgan fingerprint density at radius 3 is 2.32 bits per heavy atom. The van der Waals surface area contributed by atoms with Gasteiger partial charge in [0, 0.05) is 0 Å². The minimum Gasteiger partial charge on any atom is -0.459 e. The molecule has 0 bridgehead atoms. The highest BCUT2D eigenvalue weighted by atomic mass is 16.5. The van der Waals surface area contributed by atoms with E-state index in [2.05, 4.69) is 5.32 Å². The van der Waals surface area contributed by atoms with Gasteiger partial charge in [0.2, 0.25) is 5.91 Å². The first kappa shape index (κ1) is 20.9. The van der Waals surface area contributed by atoms with Crippen molar-refractivity contribution in [2.75, 3.05) is 6.61 Å². The van der Waals surface area contributed by atoms with E-state index < -0.39 is 30.4 Å². The van der Waals surface area contributed by atoms with Crippen molar-refractivity contribution in [3.63, 3.8) is 0 Å². The van der Waals surface area contributed by atoms with Crippen molar-refractivity contribution in [2.45, 2.75) is 26.3 Å². The van der Waals surface area contributed by atoms with E-state index in [1.807, 2.05) is 35.6 Å². The molecule has 2 aromatic rings. The lowest BCUT2D eigenvalue weighted by molar-refractivity contribution is -0.152. The van der Waals surface area contributed by atoms with Crippen LogP contribution in [0.2, 0.25) is 0 Å². The summed E-state index contributed by atoms with van der Waals surface area (Å²) < 4.78 is 9.81. The van der Waals surface area contributed by atoms with Crippen LogP contribution in [0.25, 0.3) is 0 Å². The second kappa shape index (κ2) is 10.1. The van der Waals surface area contributed by atoms with Crippen LogP contribution in [0.1, 0.15) is 30.0 Å². The normalized spacial score (nSPS) is 11.5. The van der Waals surface area contributed by atoms with Crippen molar-refractivity contribution in [2.24, 2.45) is 5.92 Å². The maximum Gasteiger partial charge on any atom is 0.329 e. The summed E-state index contributed by atoms with van der Waals surface area (Å²) in [6.45, 7) is 2.84. The summed E-state index contributed by atoms with van der Waals surface area (Å²) in [5.74, 6) is -2.90. The first-order chi connectivity index (χ1) is 13.4. The van der Waals surface area contributed by atoms with Gasteiger partial charge in [0.05, 0.1) is 12.7 Å². The Labute approximate surface area is 162 Å². The number of nitrogens with one attached hydrogen (secondary N) is 2. The summed E-state index contributed by atoms with van der Waals surface area (Å²) in [7, 11) is 0. The average Bonchev–Trinajstić information content (AvgIpc) is 3.19. The lowest BCUT2D eigenvalue weighted by Crippen LogP contribution is -2.46. The molecule has 1 atom stereocenters. The molecule has 3 amide bonds. The fourth-order valence-corrected chi connectivity index (χ4v) is 2.36. The highest BCUT2D eigenvalue weighted by molar-refractivity contribution is 6.03. The molecule has 2 N–H and O–H groups in total. The lowest BCUT2D eigenvalue weighted by Gasteiger charge is -2.20. The van der Waals surface area contributed by atoms with Gasteiger partial charge in [-0.1, -0.05) is 44.2 Å². The second-order valence-electron chi connectivity index (χ2n) is 6.41. The molecular formula is C20H22N2O6. The van der Waals surface area contributed by atoms with Crippen LogP contribution in [-0.2, 0) is 25.5 Å². The number of benzene rings is 1. The molecule has 1 aromatic carbocycles. The zero-order valence-corrected chi connectivity index (χ0v) is 15.6. The third-order valence-corrected chi connectivity index (χ3v) is 3.79. The maximum atomic E-state index is 12.3. The predicted octanol–water partition coefficient (Wildman–Crippen LogP) is 1.46. The fraction of sp³-hybridized carbons (Fsp3) is 0.300. The van der Waals surface area contributed by atoms with Crippen LogP contribution in [0.15, 0.2) is 53.1 Å². The van der Waals surface area contributed by atoms with Gasteiger partial charge < -0.3 is 14.5 Å². The van der Waals surface area contributed by atoms with Gasteiger partial charge >= 0.3 is 5.97 Å². The first-order valence-corrected chi connectivity index (χ1v) is 8.74. The molecule has 0 saturated carbocycles. The molecular weight excluding hydrogens is 364 g/mol. The molecule has 0 aliphatic carbocycles. The number of amides is 3. The molecule has 0 unspecified atom stereocenters. The van der Waals surface area contributed by atoms with E-state index in [0.29, 0.717) is 0 Å². The summed E-state index contributed by atoms with van der Waals surface area (Å²) in [4.78, 5) is 47.9. The minimum absolute atomic E-state index is 0.0343. The number of imide groups is 1. The highest BCUT2D eigenvalue weighted by Crippen LogP contribution is 2.06. The Kier molecular flexibility index (Phi) is 7.50. The largest absolute Gasteiger partial charge is 0.459 e. The smallest absolute Gasteiger partial charge is 0.329 e. The molecule has 0 spiro atoms. The number of carbonyl (C=O) groups is 4. The van der Waals surface area contributed by atoms with Crippen LogP contribution in [0, 0.1) is 5.92 Å². The zero-order chi connectivity index (χ0) is 20.5. The van der Waals surface area contributed by atoms with Crippen LogP contribution in [-0.4, -0.2) is 36.3 Å². The van der Waals surface area contributed by atoms with E-state index in [1.165, 1.54) is 18.4 Å². The van der Waals surface area contributed by atoms with Gasteiger partial charge in [0.25, 0.3) is 11.8 Å². The Hall–Kier alpha value is -3.42. The van der Waals surface area contributed by atoms with Gasteiger partial charge in [-0.05, 0) is 23.6 Å². The number of esters is 1. The van der Waals surface area contributed by atoms with E-state index >= 15 is 0 Å². The molecule has 0 aliphatic rings. The fourth-order valence-electron chi connectivity index (χ4n) is 2.36. The van der Waals surface area contributed by atoms with Crippen molar-refractivity contribution >= 4 is 23.7 Å². The Morgan fingerprint density at radius 1 is 1.00 bits per heavy atom. The Balaban J connectivity index is 1.83. The topological polar surface area (TPSA) is 115 Å². The molecule has 0 radical (unpaired) electrons. The second-order valence-corrected chi connectivity index (χ2v) is 6.41. The number of carbonyl (C=O) groups excluding carboxylic acids is 4. The van der Waals surface area contributed by atoms with Gasteiger partial charge in [-0.15, -0.1) is 0 Å². The number of ether oxygens (including phenoxy) is 1. The standard InChI is InChI=1S/C20H22N2O6/c1-13(2)18(21-16(23)11-14-7-4-3-5-8-14)20(26)28-12-17(24)22-19(25)15-9-6-10-27-15/h3-10,13,18H,11-12H2,1-2H3,(H,21,23)(H,22,24,25)/t18-/m0/s1. The molecule has 2 rings (SSSR count). The van der Waals surface area contributed by atoms with Gasteiger partial charge in [0.15, 0.2) is 12.4 Å². The zero-order valence-electron chi connectivity index (χ0n) is 15.6. The maximum absolute atomic E-state index is 12.3. The molecule has 0 fully saturated rings. The Morgan fingerprint density at radius 2 is 1.71 bits per heavy atom. The van der Waals surface area contributed by atoms with Crippen LogP contribution < -0.4 is 10.6 Å². The SMILES string of the molecule is CC(C)[C@H](NC(=O)Cc1ccccc1)C(=O)OCC(=O)NC(=O)c1ccco1. The average molecular weight is 386 g/mol. The molecule has 0 aliphatic heterocycles. The van der Waals surface area contributed by atoms with E-state index in [4.69, 9.17) is 9.15 Å². The molecule has 28 heavy (non-hydrogen) atoms. The van der Waals surface area contributed by atoms with Crippen molar-refractivity contribution in [3.8, 4) is 0 Å². The summed E-state index contributed by atoms with van der Waals surface area (Å²) >= 11 is 0. The van der Waals surface area contributed by atoms with Gasteiger partial charge in [0.1, 0.15) is 6.04 Å². The van der Waals surface area contributed by atoms with Crippen molar-refractivity contribution in [1.82, 2.24) is 10.6 Å². The summed E-state index contributed by atoms with van der Waals surface area (Å²) in [5.41, 5.74) is 0.812. The molecule has 8 nitrogen and oxygen atoms in total. The molecule has 8 heteroatoms. The minimum atomic E-state index is -0.912. The summed E-state index contributed by atoms with van der Waals surface area (Å²) in [6, 6.07) is 11.1. The summed E-state index contributed by atoms with van der Waals surface area (Å²) in [6.07, 6.45) is 1.42. The van der Waals surface area contributed by atoms with Gasteiger partial charge in [-0.2, -0.15) is 0 Å². The lowest BCUT2D eigenvalue weighted by atomic mass is 10.0. The van der Waals surface area contributed by atoms with Crippen LogP contribution in [0.5, 0.6) is 0 Å². The Bertz CT molecular complexity index is 814. The van der Waals surface area contributed by atoms with Crippen molar-refractivity contribution < 1.29 is 28.3 Å². The van der Waals surface area contributed by atoms with E-state index in [9.17, 15) is 19.2 Å². The third-order valence-electron chi connectivity index (χ3n) is 3.79. The monoisotopic (exact) mass is 386 g/mol. The number of rotatable bonds is 8. The van der Waals surface area contributed by atoms with Gasteiger partial charge in [-0.25, -0.2) is 4.79 Å². The van der Waals surface area contributed by atoms with Gasteiger partial charge in [-0.3, -0.25) is 19.7 Å². The van der Waals surface area contributed by atoms with Crippen molar-refractivity contribution in [3.05, 3.63) is 60.1 Å². The van der Waals surface area contributed by atoms with E-state index in [0.717, 1.165) is 5.56 Å². The number of furan rings is 1. The predicted molar refractivity (Wildman–Crippen MR) is 99.1 cm³/mol. The van der Waals surface area contributed by atoms with Crippen molar-refractivity contribution in [1.29, 1.82) is 0 Å². The van der Waals surface area contributed by atoms with Crippen LogP contribution in [0.3, 0.4) is 0 Å². The molecule has 148 valence electrons. The third kappa shape index (κ3) is 6.39. The number of hydrogen-bond donors (Lipinski definition) is 2. The van der Waals surface area contributed by atoms with Crippen LogP contribution in [0.4, 0.5) is 0 Å². The first-order valence-electron chi connectivity index (χ1n) is 8.74. The van der Waals surface area contributed by atoms with E-state index in [1.54, 1.807) is 13.8 Å². The van der Waals surface area contributed by atoms with E-state index in [-0.39, 0.29) is 24.0 Å². The molecule has 0 saturated heterocycles. The molecule has 1 aromatic heterocycles. The molecule has 1 heterocycles. The summed E-state index contributed by atoms with van der Waals surface area (Å²) in [5, 5.41) is 4.67. The highest BCUT2D eigenvalue weighted by Gasteiger charge is 2.26. The van der Waals surface area contributed by atoms with Crippen LogP contribution >= 0.6 is 0 Å². The number of hydrogen-bond acceptors (Lipinski definition) is 6. The quantitative estimate of drug-likeness (QED) is 0.664.